The van der Waals surface area contributed by atoms with Crippen molar-refractivity contribution in [3.05, 3.63) is 48.6 Å². The molecule has 0 aromatic heterocycles. The fourth-order valence-electron chi connectivity index (χ4n) is 3.33. The van der Waals surface area contributed by atoms with E-state index in [9.17, 15) is 9.90 Å². The second-order valence-corrected chi connectivity index (χ2v) is 6.83. The van der Waals surface area contributed by atoms with Crippen LogP contribution >= 0.6 is 0 Å². The van der Waals surface area contributed by atoms with Crippen molar-refractivity contribution < 1.29 is 19.4 Å². The number of carbonyl (C=O) groups excluding carboxylic acids is 1. The highest BCUT2D eigenvalue weighted by molar-refractivity contribution is 6.08. The lowest BCUT2D eigenvalue weighted by Crippen LogP contribution is -2.21. The van der Waals surface area contributed by atoms with Crippen molar-refractivity contribution in [3.8, 4) is 0 Å². The molecule has 1 saturated heterocycles. The number of aliphatic hydroxyl groups excluding tert-OH is 1. The summed E-state index contributed by atoms with van der Waals surface area (Å²) < 4.78 is 11.5. The quantitative estimate of drug-likeness (QED) is 0.403. The van der Waals surface area contributed by atoms with Gasteiger partial charge in [-0.25, -0.2) is 4.79 Å². The van der Waals surface area contributed by atoms with Gasteiger partial charge in [-0.05, 0) is 37.3 Å². The summed E-state index contributed by atoms with van der Waals surface area (Å²) in [5.74, 6) is -0.0219. The number of hydrogen-bond donors (Lipinski definition) is 1. The highest BCUT2D eigenvalue weighted by Crippen LogP contribution is 2.29. The maximum Gasteiger partial charge on any atom is 0.338 e. The van der Waals surface area contributed by atoms with Gasteiger partial charge in [-0.2, -0.15) is 0 Å². The molecule has 1 aliphatic heterocycles. The van der Waals surface area contributed by atoms with Crippen molar-refractivity contribution >= 4 is 13.8 Å². The number of aliphatic hydroxyl groups is 1. The van der Waals surface area contributed by atoms with Crippen LogP contribution in [0.15, 0.2) is 43.0 Å². The van der Waals surface area contributed by atoms with Crippen molar-refractivity contribution in [2.75, 3.05) is 6.61 Å². The van der Waals surface area contributed by atoms with E-state index in [1.54, 1.807) is 18.2 Å². The largest absolute Gasteiger partial charge is 0.462 e. The molecular formula is C20H29BO4. The zero-order valence-corrected chi connectivity index (χ0v) is 15.1. The molecule has 0 radical (unpaired) electrons. The van der Waals surface area contributed by atoms with Crippen LogP contribution in [0.25, 0.3) is 0 Å². The molecule has 0 aliphatic carbocycles. The minimum Gasteiger partial charge on any atom is -0.462 e. The number of esters is 1. The van der Waals surface area contributed by atoms with E-state index in [0.29, 0.717) is 25.0 Å². The summed E-state index contributed by atoms with van der Waals surface area (Å²) in [5, 5.41) is 10.1. The first kappa shape index (κ1) is 19.7. The van der Waals surface area contributed by atoms with E-state index in [0.717, 1.165) is 25.6 Å². The van der Waals surface area contributed by atoms with Gasteiger partial charge in [0.25, 0.3) is 0 Å². The normalized spacial score (nSPS) is 24.0. The van der Waals surface area contributed by atoms with Gasteiger partial charge in [0.15, 0.2) is 0 Å². The molecule has 1 aromatic rings. The Kier molecular flexibility index (Phi) is 8.22. The van der Waals surface area contributed by atoms with E-state index < -0.39 is 6.10 Å². The summed E-state index contributed by atoms with van der Waals surface area (Å²) >= 11 is 0. The Bertz CT molecular complexity index is 534. The van der Waals surface area contributed by atoms with Gasteiger partial charge in [-0.3, -0.25) is 0 Å². The third-order valence-electron chi connectivity index (χ3n) is 4.72. The molecule has 5 heteroatoms. The first-order valence-corrected chi connectivity index (χ1v) is 9.30. The monoisotopic (exact) mass is 344 g/mol. The van der Waals surface area contributed by atoms with Gasteiger partial charge in [0, 0.05) is 6.42 Å². The van der Waals surface area contributed by atoms with Gasteiger partial charge in [-0.1, -0.05) is 37.0 Å². The van der Waals surface area contributed by atoms with Gasteiger partial charge < -0.3 is 14.6 Å². The Morgan fingerprint density at radius 3 is 2.88 bits per heavy atom. The first-order valence-electron chi connectivity index (χ1n) is 9.30. The van der Waals surface area contributed by atoms with Crippen molar-refractivity contribution in [2.24, 2.45) is 5.92 Å². The molecule has 0 spiro atoms. The van der Waals surface area contributed by atoms with Crippen LogP contribution in [0.3, 0.4) is 0 Å². The molecular weight excluding hydrogens is 315 g/mol. The molecule has 0 bridgehead atoms. The number of ether oxygens (including phenoxy) is 2. The summed E-state index contributed by atoms with van der Waals surface area (Å²) in [5.41, 5.74) is 0.579. The second kappa shape index (κ2) is 10.4. The molecule has 25 heavy (non-hydrogen) atoms. The van der Waals surface area contributed by atoms with Gasteiger partial charge in [0.05, 0.1) is 30.5 Å². The number of hydrogen-bond acceptors (Lipinski definition) is 4. The Morgan fingerprint density at radius 1 is 1.44 bits per heavy atom. The SMILES string of the molecule is BCCC[C@H](COC(=O)c1ccccc1)C[C@@H]1C[C@@H](O)[C@H](CC=C)O1. The minimum atomic E-state index is -0.429. The second-order valence-electron chi connectivity index (χ2n) is 6.83. The Labute approximate surface area is 151 Å². The lowest BCUT2D eigenvalue weighted by molar-refractivity contribution is -0.00274. The Balaban J connectivity index is 1.86. The van der Waals surface area contributed by atoms with Gasteiger partial charge in [0.2, 0.25) is 0 Å². The summed E-state index contributed by atoms with van der Waals surface area (Å²) in [7, 11) is 2.16. The van der Waals surface area contributed by atoms with E-state index in [-0.39, 0.29) is 24.1 Å². The van der Waals surface area contributed by atoms with E-state index in [1.807, 2.05) is 18.2 Å². The van der Waals surface area contributed by atoms with Crippen molar-refractivity contribution in [2.45, 2.75) is 56.7 Å². The summed E-state index contributed by atoms with van der Waals surface area (Å²) in [6.07, 6.45) is 6.56. The molecule has 1 aromatic carbocycles. The minimum absolute atomic E-state index is 0.0252. The van der Waals surface area contributed by atoms with Crippen molar-refractivity contribution in [3.63, 3.8) is 0 Å². The van der Waals surface area contributed by atoms with Gasteiger partial charge >= 0.3 is 5.97 Å². The third kappa shape index (κ3) is 6.33. The van der Waals surface area contributed by atoms with Crippen LogP contribution in [0.2, 0.25) is 6.32 Å². The summed E-state index contributed by atoms with van der Waals surface area (Å²) in [6, 6.07) is 9.07. The highest BCUT2D eigenvalue weighted by atomic mass is 16.5. The molecule has 4 nitrogen and oxygen atoms in total. The molecule has 0 amide bonds. The predicted molar refractivity (Wildman–Crippen MR) is 102 cm³/mol. The average molecular weight is 344 g/mol. The summed E-state index contributed by atoms with van der Waals surface area (Å²) in [4.78, 5) is 12.1. The van der Waals surface area contributed by atoms with Crippen LogP contribution in [0, 0.1) is 5.92 Å². The van der Waals surface area contributed by atoms with Crippen LogP contribution in [-0.2, 0) is 9.47 Å². The maximum atomic E-state index is 12.1. The molecule has 0 saturated carbocycles. The third-order valence-corrected chi connectivity index (χ3v) is 4.72. The highest BCUT2D eigenvalue weighted by Gasteiger charge is 2.34. The van der Waals surface area contributed by atoms with E-state index in [2.05, 4.69) is 14.4 Å². The van der Waals surface area contributed by atoms with Crippen LogP contribution in [0.5, 0.6) is 0 Å². The lowest BCUT2D eigenvalue weighted by Gasteiger charge is -2.21. The summed E-state index contributed by atoms with van der Waals surface area (Å²) in [6.45, 7) is 4.11. The molecule has 4 atom stereocenters. The van der Waals surface area contributed by atoms with Gasteiger partial charge in [-0.15, -0.1) is 6.58 Å². The van der Waals surface area contributed by atoms with Crippen LogP contribution in [0.4, 0.5) is 0 Å². The van der Waals surface area contributed by atoms with Crippen molar-refractivity contribution in [1.82, 2.24) is 0 Å². The lowest BCUT2D eigenvalue weighted by atomic mass is 9.91. The molecule has 1 heterocycles. The number of rotatable bonds is 10. The maximum absolute atomic E-state index is 12.1. The van der Waals surface area contributed by atoms with Crippen LogP contribution < -0.4 is 0 Å². The van der Waals surface area contributed by atoms with Crippen LogP contribution in [0.1, 0.15) is 42.5 Å². The molecule has 136 valence electrons. The predicted octanol–water partition coefficient (Wildman–Crippen LogP) is 2.78. The first-order chi connectivity index (χ1) is 12.1. The number of carbonyl (C=O) groups is 1. The molecule has 2 rings (SSSR count). The van der Waals surface area contributed by atoms with Crippen LogP contribution in [-0.4, -0.2) is 43.8 Å². The zero-order valence-electron chi connectivity index (χ0n) is 15.1. The molecule has 1 fully saturated rings. The molecule has 0 unspecified atom stereocenters. The smallest absolute Gasteiger partial charge is 0.338 e. The van der Waals surface area contributed by atoms with Crippen molar-refractivity contribution in [1.29, 1.82) is 0 Å². The molecule has 1 aliphatic rings. The standard InChI is InChI=1S/C20H29BO4/c1-2-7-19-18(22)13-17(25-19)12-15(8-6-11-21)14-24-20(23)16-9-4-3-5-10-16/h2-5,9-10,15,17-19,22H,1,6-8,11-14,21H2/t15-,17+,18+,19-/m0/s1. The topological polar surface area (TPSA) is 55.8 Å². The fourth-order valence-corrected chi connectivity index (χ4v) is 3.33. The van der Waals surface area contributed by atoms with E-state index in [4.69, 9.17) is 9.47 Å². The number of benzene rings is 1. The molecule has 1 N–H and O–H groups in total. The van der Waals surface area contributed by atoms with E-state index >= 15 is 0 Å². The fraction of sp³-hybridized carbons (Fsp3) is 0.550. The zero-order chi connectivity index (χ0) is 18.1. The Hall–Kier alpha value is -1.59. The Morgan fingerprint density at radius 2 is 2.20 bits per heavy atom. The van der Waals surface area contributed by atoms with E-state index in [1.165, 1.54) is 0 Å². The van der Waals surface area contributed by atoms with Gasteiger partial charge in [0.1, 0.15) is 7.85 Å². The average Bonchev–Trinajstić information content (AvgIpc) is 2.97.